The Hall–Kier alpha value is -4.70. The maximum Gasteiger partial charge on any atom is 0.405 e. The number of phenols is 2. The lowest BCUT2D eigenvalue weighted by atomic mass is 9.87. The summed E-state index contributed by atoms with van der Waals surface area (Å²) in [4.78, 5) is 53.4. The summed E-state index contributed by atoms with van der Waals surface area (Å²) in [6.07, 6.45) is 7.12. The van der Waals surface area contributed by atoms with Crippen LogP contribution in [0.25, 0.3) is 0 Å². The fraction of sp³-hybridized carbons (Fsp3) is 0.630. The number of urea groups is 1. The number of fused-ring (bicyclic) bond motifs is 3. The third kappa shape index (κ3) is 16.9. The van der Waals surface area contributed by atoms with Crippen LogP contribution in [0, 0.1) is 11.8 Å². The van der Waals surface area contributed by atoms with Crippen LogP contribution in [-0.4, -0.2) is 153 Å². The molecule has 2 saturated heterocycles. The molecule has 5 amide bonds. The number of nitrogens with zero attached hydrogens (tertiary/aromatic N) is 1. The van der Waals surface area contributed by atoms with E-state index in [1.54, 1.807) is 39.0 Å². The number of nitrogens with two attached hydrogens (primary N) is 1. The lowest BCUT2D eigenvalue weighted by molar-refractivity contribution is -0.121. The first-order valence-corrected chi connectivity index (χ1v) is 23.5. The van der Waals surface area contributed by atoms with Crippen molar-refractivity contribution in [1.82, 2.24) is 16.0 Å². The lowest BCUT2D eigenvalue weighted by Crippen LogP contribution is -2.37. The van der Waals surface area contributed by atoms with Crippen LogP contribution in [0.1, 0.15) is 65.4 Å². The Labute approximate surface area is 391 Å². The standard InChI is InChI=1S/C46H70N6O13S/c1-27-22-31-39(49-15-17-63-19-21-64-20-18-62-16-14-48-38(54)13-8-7-12-37-40-33(26-66-37)51-46(59)52-40)34(53)25-32(42(31)56)50-44(57)28(2)10-9-11-35(60-5)43(65-45(47)58)30(4)24-29(3)41(55)36(23-27)61-6/h9-11,15,24-25,27,29,33,35-37,40-41,43,53,55-56H,7-8,12-14,16-23,26H2,1-6H3,(H2,47,58)(H,48,54)(H,50,57)(H2,51,52,59)/t27-,29+,33+,35+,36+,37?,40+,41-,43+/m1/s1. The molecular weight excluding hydrogens is 877 g/mol. The van der Waals surface area contributed by atoms with Crippen molar-refractivity contribution < 1.29 is 62.9 Å². The number of methoxy groups -OCH3 is 2. The molecule has 9 N–H and O–H groups in total. The summed E-state index contributed by atoms with van der Waals surface area (Å²) in [7, 11) is 2.92. The highest BCUT2D eigenvalue weighted by molar-refractivity contribution is 8.00. The van der Waals surface area contributed by atoms with Gasteiger partial charge in [0.25, 0.3) is 5.91 Å². The Morgan fingerprint density at radius 2 is 1.74 bits per heavy atom. The second-order valence-corrected chi connectivity index (χ2v) is 18.0. The van der Waals surface area contributed by atoms with Gasteiger partial charge >= 0.3 is 12.1 Å². The number of aliphatic hydroxyl groups is 1. The Morgan fingerprint density at radius 3 is 2.45 bits per heavy atom. The van der Waals surface area contributed by atoms with E-state index in [0.717, 1.165) is 25.0 Å². The maximum atomic E-state index is 13.3. The van der Waals surface area contributed by atoms with Gasteiger partial charge in [0, 0.05) is 67.5 Å². The van der Waals surface area contributed by atoms with Crippen LogP contribution >= 0.6 is 11.8 Å². The number of thioether (sulfide) groups is 1. The number of carbonyl (C=O) groups is 4. The minimum atomic E-state index is -1.01. The normalized spacial score (nSPS) is 26.3. The minimum Gasteiger partial charge on any atom is -0.506 e. The topological polar surface area (TPSA) is 271 Å². The monoisotopic (exact) mass is 946 g/mol. The number of allylic oxidation sites excluding steroid dienone is 2. The third-order valence-electron chi connectivity index (χ3n) is 11.6. The number of aliphatic imine (C=N–C) groups is 1. The van der Waals surface area contributed by atoms with Crippen LogP contribution in [0.15, 0.2) is 46.5 Å². The first-order valence-electron chi connectivity index (χ1n) is 22.5. The molecule has 368 valence electrons. The number of benzene rings is 1. The summed E-state index contributed by atoms with van der Waals surface area (Å²) in [6.45, 7) is 9.07. The summed E-state index contributed by atoms with van der Waals surface area (Å²) >= 11 is 1.87. The zero-order valence-electron chi connectivity index (χ0n) is 38.9. The number of ether oxygens (including phenoxy) is 6. The van der Waals surface area contributed by atoms with Gasteiger partial charge in [-0.3, -0.25) is 14.6 Å². The molecule has 0 spiro atoms. The number of hydrogen-bond donors (Lipinski definition) is 8. The summed E-state index contributed by atoms with van der Waals surface area (Å²) in [5.74, 6) is -0.930. The molecule has 0 aliphatic carbocycles. The minimum absolute atomic E-state index is 0.0112. The van der Waals surface area contributed by atoms with E-state index in [2.05, 4.69) is 26.3 Å². The molecule has 9 atom stereocenters. The van der Waals surface area contributed by atoms with Crippen molar-refractivity contribution in [2.45, 2.75) is 108 Å². The van der Waals surface area contributed by atoms with Crippen LogP contribution < -0.4 is 27.0 Å². The molecule has 0 radical (unpaired) electrons. The molecule has 4 rings (SSSR count). The van der Waals surface area contributed by atoms with Crippen molar-refractivity contribution in [3.05, 3.63) is 47.1 Å². The van der Waals surface area contributed by atoms with Gasteiger partial charge in [0.15, 0.2) is 6.10 Å². The van der Waals surface area contributed by atoms with Crippen molar-refractivity contribution in [2.75, 3.05) is 71.5 Å². The number of aromatic hydroxyl groups is 2. The molecule has 3 aliphatic rings. The Bertz CT molecular complexity index is 1900. The zero-order valence-corrected chi connectivity index (χ0v) is 39.7. The smallest absolute Gasteiger partial charge is 0.405 e. The Kier molecular flexibility index (Phi) is 22.7. The van der Waals surface area contributed by atoms with Crippen LogP contribution in [0.2, 0.25) is 0 Å². The Balaban J connectivity index is 1.26. The van der Waals surface area contributed by atoms with E-state index >= 15 is 0 Å². The Morgan fingerprint density at radius 1 is 1.02 bits per heavy atom. The van der Waals surface area contributed by atoms with Crippen molar-refractivity contribution in [3.8, 4) is 11.5 Å². The highest BCUT2D eigenvalue weighted by Crippen LogP contribution is 2.44. The van der Waals surface area contributed by atoms with Crippen LogP contribution in [0.5, 0.6) is 11.5 Å². The van der Waals surface area contributed by atoms with Gasteiger partial charge in [-0.25, -0.2) is 9.59 Å². The molecule has 1 unspecified atom stereocenters. The molecule has 3 aliphatic heterocycles. The lowest BCUT2D eigenvalue weighted by Gasteiger charge is -2.29. The first kappa shape index (κ1) is 53.9. The molecule has 2 bridgehead atoms. The number of unbranched alkanes of at least 4 members (excludes halogenated alkanes) is 1. The molecule has 1 aromatic carbocycles. The molecule has 20 heteroatoms. The molecule has 19 nitrogen and oxygen atoms in total. The number of nitrogens with one attached hydrogen (secondary N) is 4. The van der Waals surface area contributed by atoms with E-state index in [4.69, 9.17) is 34.2 Å². The van der Waals surface area contributed by atoms with E-state index in [9.17, 15) is 34.5 Å². The highest BCUT2D eigenvalue weighted by Gasteiger charge is 2.42. The summed E-state index contributed by atoms with van der Waals surface area (Å²) < 4.78 is 33.6. The van der Waals surface area contributed by atoms with Gasteiger partial charge < -0.3 is 70.7 Å². The molecular formula is C46H70N6O13S. The average molecular weight is 947 g/mol. The maximum absolute atomic E-state index is 13.3. The molecule has 1 aromatic rings. The number of primary amides is 1. The number of hydrogen-bond acceptors (Lipinski definition) is 15. The van der Waals surface area contributed by atoms with Gasteiger partial charge in [-0.2, -0.15) is 11.8 Å². The predicted octanol–water partition coefficient (Wildman–Crippen LogP) is 4.15. The number of anilines is 1. The number of aliphatic hydroxyl groups excluding tert-OH is 1. The van der Waals surface area contributed by atoms with Crippen molar-refractivity contribution in [3.63, 3.8) is 0 Å². The van der Waals surface area contributed by atoms with Gasteiger partial charge in [-0.15, -0.1) is 0 Å². The molecule has 0 saturated carbocycles. The number of amides is 5. The zero-order chi connectivity index (χ0) is 48.2. The SMILES string of the molecule is CO[C@H]1C=CC=C(C)C(=O)Nc2cc(O)c(N=CCOCCOCCOCCNC(=O)CCCCC3SC[C@@H]4NC(=O)N[C@H]34)c(c2O)C[C@@H](C)C[C@H](OC)[C@H](O)[C@@H](C)C=C(C)[C@@H]1OC(N)=O. The van der Waals surface area contributed by atoms with Crippen molar-refractivity contribution >= 4 is 53.3 Å². The largest absolute Gasteiger partial charge is 0.506 e. The summed E-state index contributed by atoms with van der Waals surface area (Å²) in [5.41, 5.74) is 6.55. The fourth-order valence-electron chi connectivity index (χ4n) is 8.07. The van der Waals surface area contributed by atoms with Crippen molar-refractivity contribution in [1.29, 1.82) is 0 Å². The summed E-state index contributed by atoms with van der Waals surface area (Å²) in [5, 5.41) is 46.1. The molecule has 66 heavy (non-hydrogen) atoms. The van der Waals surface area contributed by atoms with E-state index in [0.29, 0.717) is 56.6 Å². The van der Waals surface area contributed by atoms with E-state index in [1.807, 2.05) is 18.7 Å². The van der Waals surface area contributed by atoms with E-state index < -0.39 is 42.3 Å². The van der Waals surface area contributed by atoms with Crippen molar-refractivity contribution in [2.24, 2.45) is 22.6 Å². The van der Waals surface area contributed by atoms with E-state index in [1.165, 1.54) is 32.6 Å². The summed E-state index contributed by atoms with van der Waals surface area (Å²) in [6, 6.07) is 1.52. The first-order chi connectivity index (χ1) is 31.6. The van der Waals surface area contributed by atoms with Crippen LogP contribution in [-0.2, 0) is 44.4 Å². The highest BCUT2D eigenvalue weighted by atomic mass is 32.2. The van der Waals surface area contributed by atoms with Gasteiger partial charge in [0.2, 0.25) is 5.91 Å². The van der Waals surface area contributed by atoms with Crippen LogP contribution in [0.3, 0.4) is 0 Å². The molecule has 0 aromatic heterocycles. The fourth-order valence-corrected chi connectivity index (χ4v) is 9.61. The second kappa shape index (κ2) is 27.8. The molecule has 2 fully saturated rings. The van der Waals surface area contributed by atoms with Gasteiger partial charge in [0.05, 0.1) is 69.6 Å². The number of carbonyl (C=O) groups excluding carboxylic acids is 4. The quantitative estimate of drug-likeness (QED) is 0.0228. The average Bonchev–Trinajstić information content (AvgIpc) is 3.84. The van der Waals surface area contributed by atoms with Crippen LogP contribution in [0.4, 0.5) is 21.0 Å². The molecule has 3 heterocycles. The predicted molar refractivity (Wildman–Crippen MR) is 251 cm³/mol. The number of rotatable bonds is 20. The number of phenolic OH excluding ortho intramolecular Hbond substituents is 2. The van der Waals surface area contributed by atoms with Gasteiger partial charge in [-0.1, -0.05) is 44.6 Å². The van der Waals surface area contributed by atoms with Gasteiger partial charge in [-0.05, 0) is 51.0 Å². The second-order valence-electron chi connectivity index (χ2n) is 16.8. The van der Waals surface area contributed by atoms with E-state index in [-0.39, 0.29) is 83.6 Å². The third-order valence-corrected chi connectivity index (χ3v) is 13.1. The van der Waals surface area contributed by atoms with Gasteiger partial charge in [0.1, 0.15) is 23.3 Å².